The standard InChI is InChI=1S/C18H18F3NO3/c19-18(20,21)13-24-10-9-17(23)22-12-14-5-4-8-16(11-14)25-15-6-2-1-3-7-15/h1-8,11H,9-10,12-13H2,(H,22,23). The summed E-state index contributed by atoms with van der Waals surface area (Å²) >= 11 is 0. The van der Waals surface area contributed by atoms with E-state index in [4.69, 9.17) is 4.74 Å². The molecule has 0 aliphatic rings. The maximum absolute atomic E-state index is 11.9. The Kier molecular flexibility index (Phi) is 6.82. The summed E-state index contributed by atoms with van der Waals surface area (Å²) in [4.78, 5) is 11.6. The fourth-order valence-corrected chi connectivity index (χ4v) is 1.99. The highest BCUT2D eigenvalue weighted by Crippen LogP contribution is 2.21. The van der Waals surface area contributed by atoms with Gasteiger partial charge in [0.15, 0.2) is 0 Å². The van der Waals surface area contributed by atoms with Gasteiger partial charge in [0.05, 0.1) is 6.61 Å². The summed E-state index contributed by atoms with van der Waals surface area (Å²) in [6, 6.07) is 16.5. The monoisotopic (exact) mass is 353 g/mol. The number of ether oxygens (including phenoxy) is 2. The number of hydrogen-bond acceptors (Lipinski definition) is 3. The van der Waals surface area contributed by atoms with Crippen molar-refractivity contribution in [2.24, 2.45) is 0 Å². The quantitative estimate of drug-likeness (QED) is 0.728. The second-order valence-electron chi connectivity index (χ2n) is 5.26. The Morgan fingerprint density at radius 2 is 1.72 bits per heavy atom. The number of benzene rings is 2. The Labute approximate surface area is 143 Å². The first kappa shape index (κ1) is 18.8. The molecule has 2 aromatic carbocycles. The number of halogens is 3. The Hall–Kier alpha value is -2.54. The molecule has 0 bridgehead atoms. The van der Waals surface area contributed by atoms with Crippen LogP contribution in [-0.2, 0) is 16.1 Å². The van der Waals surface area contributed by atoms with E-state index in [2.05, 4.69) is 10.1 Å². The average Bonchev–Trinajstić information content (AvgIpc) is 2.57. The summed E-state index contributed by atoms with van der Waals surface area (Å²) in [5, 5.41) is 2.63. The number of alkyl halides is 3. The Balaban J connectivity index is 1.75. The smallest absolute Gasteiger partial charge is 0.411 e. The van der Waals surface area contributed by atoms with Crippen molar-refractivity contribution in [3.05, 3.63) is 60.2 Å². The zero-order valence-corrected chi connectivity index (χ0v) is 13.4. The first-order chi connectivity index (χ1) is 11.9. The molecule has 7 heteroatoms. The van der Waals surface area contributed by atoms with E-state index >= 15 is 0 Å². The Morgan fingerprint density at radius 1 is 1.00 bits per heavy atom. The van der Waals surface area contributed by atoms with Crippen LogP contribution in [-0.4, -0.2) is 25.3 Å². The molecule has 0 radical (unpaired) electrons. The van der Waals surface area contributed by atoms with Gasteiger partial charge < -0.3 is 14.8 Å². The molecule has 1 amide bonds. The molecule has 0 spiro atoms. The third kappa shape index (κ3) is 7.71. The van der Waals surface area contributed by atoms with Crippen LogP contribution < -0.4 is 10.1 Å². The largest absolute Gasteiger partial charge is 0.457 e. The highest BCUT2D eigenvalue weighted by Gasteiger charge is 2.27. The molecule has 0 saturated carbocycles. The molecule has 0 heterocycles. The van der Waals surface area contributed by atoms with Gasteiger partial charge in [0.25, 0.3) is 0 Å². The van der Waals surface area contributed by atoms with Crippen LogP contribution in [0.15, 0.2) is 54.6 Å². The number of rotatable bonds is 8. The van der Waals surface area contributed by atoms with E-state index in [1.165, 1.54) is 0 Å². The molecule has 0 aromatic heterocycles. The van der Waals surface area contributed by atoms with E-state index in [9.17, 15) is 18.0 Å². The lowest BCUT2D eigenvalue weighted by Crippen LogP contribution is -2.25. The first-order valence-electron chi connectivity index (χ1n) is 7.65. The van der Waals surface area contributed by atoms with Crippen molar-refractivity contribution in [3.63, 3.8) is 0 Å². The average molecular weight is 353 g/mol. The van der Waals surface area contributed by atoms with Gasteiger partial charge in [0, 0.05) is 13.0 Å². The van der Waals surface area contributed by atoms with E-state index in [1.54, 1.807) is 18.2 Å². The lowest BCUT2D eigenvalue weighted by molar-refractivity contribution is -0.174. The van der Waals surface area contributed by atoms with Crippen molar-refractivity contribution in [3.8, 4) is 11.5 Å². The van der Waals surface area contributed by atoms with Crippen molar-refractivity contribution in [2.45, 2.75) is 19.1 Å². The molecular weight excluding hydrogens is 335 g/mol. The van der Waals surface area contributed by atoms with Gasteiger partial charge in [-0.3, -0.25) is 4.79 Å². The van der Waals surface area contributed by atoms with Crippen LogP contribution in [0.4, 0.5) is 13.2 Å². The molecule has 134 valence electrons. The van der Waals surface area contributed by atoms with Gasteiger partial charge in [-0.2, -0.15) is 13.2 Å². The maximum Gasteiger partial charge on any atom is 0.411 e. The van der Waals surface area contributed by atoms with E-state index in [0.29, 0.717) is 11.5 Å². The molecule has 0 atom stereocenters. The predicted molar refractivity (Wildman–Crippen MR) is 86.3 cm³/mol. The maximum atomic E-state index is 11.9. The highest BCUT2D eigenvalue weighted by atomic mass is 19.4. The second kappa shape index (κ2) is 9.08. The third-order valence-electron chi connectivity index (χ3n) is 3.11. The number of carbonyl (C=O) groups excluding carboxylic acids is 1. The molecule has 25 heavy (non-hydrogen) atoms. The van der Waals surface area contributed by atoms with Crippen LogP contribution in [0.2, 0.25) is 0 Å². The van der Waals surface area contributed by atoms with Crippen LogP contribution in [0.25, 0.3) is 0 Å². The molecule has 4 nitrogen and oxygen atoms in total. The van der Waals surface area contributed by atoms with Gasteiger partial charge in [-0.1, -0.05) is 30.3 Å². The molecule has 1 N–H and O–H groups in total. The summed E-state index contributed by atoms with van der Waals surface area (Å²) < 4.78 is 45.8. The van der Waals surface area contributed by atoms with Gasteiger partial charge >= 0.3 is 6.18 Å². The highest BCUT2D eigenvalue weighted by molar-refractivity contribution is 5.75. The molecule has 0 aliphatic heterocycles. The van der Waals surface area contributed by atoms with E-state index in [0.717, 1.165) is 5.56 Å². The van der Waals surface area contributed by atoms with Crippen molar-refractivity contribution < 1.29 is 27.4 Å². The molecule has 2 rings (SSSR count). The summed E-state index contributed by atoms with van der Waals surface area (Å²) in [7, 11) is 0. The fourth-order valence-electron chi connectivity index (χ4n) is 1.99. The summed E-state index contributed by atoms with van der Waals surface area (Å²) in [5.41, 5.74) is 0.818. The zero-order valence-electron chi connectivity index (χ0n) is 13.4. The van der Waals surface area contributed by atoms with Crippen LogP contribution in [0.1, 0.15) is 12.0 Å². The number of amides is 1. The predicted octanol–water partition coefficient (Wildman–Crippen LogP) is 4.06. The number of carbonyl (C=O) groups is 1. The summed E-state index contributed by atoms with van der Waals surface area (Å²) in [6.07, 6.45) is -4.51. The minimum Gasteiger partial charge on any atom is -0.457 e. The van der Waals surface area contributed by atoms with E-state index in [-0.39, 0.29) is 25.5 Å². The number of hydrogen-bond donors (Lipinski definition) is 1. The normalized spacial score (nSPS) is 11.2. The number of nitrogens with one attached hydrogen (secondary N) is 1. The van der Waals surface area contributed by atoms with Crippen LogP contribution in [0, 0.1) is 0 Å². The van der Waals surface area contributed by atoms with Gasteiger partial charge in [-0.25, -0.2) is 0 Å². The van der Waals surface area contributed by atoms with Gasteiger partial charge in [0.1, 0.15) is 18.1 Å². The third-order valence-corrected chi connectivity index (χ3v) is 3.11. The Morgan fingerprint density at radius 3 is 2.44 bits per heavy atom. The first-order valence-corrected chi connectivity index (χ1v) is 7.65. The minimum atomic E-state index is -4.38. The molecule has 0 aliphatic carbocycles. The van der Waals surface area contributed by atoms with Crippen molar-refractivity contribution in [1.82, 2.24) is 5.32 Å². The lowest BCUT2D eigenvalue weighted by Gasteiger charge is -2.09. The molecule has 2 aromatic rings. The lowest BCUT2D eigenvalue weighted by atomic mass is 10.2. The minimum absolute atomic E-state index is 0.129. The van der Waals surface area contributed by atoms with Crippen LogP contribution >= 0.6 is 0 Å². The van der Waals surface area contributed by atoms with Crippen LogP contribution in [0.3, 0.4) is 0 Å². The van der Waals surface area contributed by atoms with Crippen molar-refractivity contribution in [2.75, 3.05) is 13.2 Å². The topological polar surface area (TPSA) is 47.6 Å². The molecule has 0 saturated heterocycles. The van der Waals surface area contributed by atoms with E-state index < -0.39 is 12.8 Å². The van der Waals surface area contributed by atoms with Crippen molar-refractivity contribution >= 4 is 5.91 Å². The summed E-state index contributed by atoms with van der Waals surface area (Å²) in [6.45, 7) is -1.37. The number of para-hydroxylation sites is 1. The van der Waals surface area contributed by atoms with E-state index in [1.807, 2.05) is 36.4 Å². The molecular formula is C18H18F3NO3. The van der Waals surface area contributed by atoms with Crippen molar-refractivity contribution in [1.29, 1.82) is 0 Å². The van der Waals surface area contributed by atoms with Gasteiger partial charge in [0.2, 0.25) is 5.91 Å². The molecule has 0 fully saturated rings. The second-order valence-corrected chi connectivity index (χ2v) is 5.26. The SMILES string of the molecule is O=C(CCOCC(F)(F)F)NCc1cccc(Oc2ccccc2)c1. The van der Waals surface area contributed by atoms with Gasteiger partial charge in [-0.15, -0.1) is 0 Å². The fraction of sp³-hybridized carbons (Fsp3) is 0.278. The Bertz CT molecular complexity index is 675. The van der Waals surface area contributed by atoms with Gasteiger partial charge in [-0.05, 0) is 29.8 Å². The van der Waals surface area contributed by atoms with Crippen LogP contribution in [0.5, 0.6) is 11.5 Å². The summed E-state index contributed by atoms with van der Waals surface area (Å²) in [5.74, 6) is 0.952. The molecule has 0 unspecified atom stereocenters. The zero-order chi connectivity index (χ0) is 18.1.